The molecule has 0 spiro atoms. The van der Waals surface area contributed by atoms with Crippen molar-refractivity contribution in [3.63, 3.8) is 0 Å². The maximum absolute atomic E-state index is 5.72. The van der Waals surface area contributed by atoms with Crippen LogP contribution in [0.25, 0.3) is 0 Å². The molecule has 1 heterocycles. The highest BCUT2D eigenvalue weighted by molar-refractivity contribution is 7.12. The van der Waals surface area contributed by atoms with E-state index in [1.165, 1.54) is 66.7 Å². The van der Waals surface area contributed by atoms with Gasteiger partial charge in [0.1, 0.15) is 0 Å². The first-order valence-electron chi connectivity index (χ1n) is 8.22. The Morgan fingerprint density at radius 3 is 2.15 bits per heavy atom. The van der Waals surface area contributed by atoms with Gasteiger partial charge >= 0.3 is 0 Å². The summed E-state index contributed by atoms with van der Waals surface area (Å²) < 4.78 is 0. The molecule has 0 aliphatic carbocycles. The lowest BCUT2D eigenvalue weighted by Gasteiger charge is -2.13. The van der Waals surface area contributed by atoms with Crippen molar-refractivity contribution in [1.29, 1.82) is 0 Å². The standard InChI is InChI=1S/C17H32N2S/c1-4-5-6-7-8-9-10-11-12-16(19-18)17-13-14(2)15(3)20-17/h13,16,19H,4-12,18H2,1-3H3. The van der Waals surface area contributed by atoms with E-state index >= 15 is 0 Å². The Balaban J connectivity index is 2.16. The van der Waals surface area contributed by atoms with Gasteiger partial charge in [0.15, 0.2) is 0 Å². The summed E-state index contributed by atoms with van der Waals surface area (Å²) in [7, 11) is 0. The van der Waals surface area contributed by atoms with Crippen molar-refractivity contribution in [2.24, 2.45) is 5.84 Å². The van der Waals surface area contributed by atoms with E-state index in [4.69, 9.17) is 5.84 Å². The molecule has 1 atom stereocenters. The number of hydrogen-bond acceptors (Lipinski definition) is 3. The Labute approximate surface area is 129 Å². The highest BCUT2D eigenvalue weighted by Gasteiger charge is 2.12. The van der Waals surface area contributed by atoms with Crippen LogP contribution in [0.4, 0.5) is 0 Å². The summed E-state index contributed by atoms with van der Waals surface area (Å²) in [5, 5.41) is 0. The smallest absolute Gasteiger partial charge is 0.0553 e. The van der Waals surface area contributed by atoms with Gasteiger partial charge in [0.25, 0.3) is 0 Å². The molecule has 0 saturated heterocycles. The first-order chi connectivity index (χ1) is 9.69. The van der Waals surface area contributed by atoms with Gasteiger partial charge in [-0.25, -0.2) is 0 Å². The highest BCUT2D eigenvalue weighted by atomic mass is 32.1. The number of nitrogens with two attached hydrogens (primary N) is 1. The van der Waals surface area contributed by atoms with Crippen LogP contribution in [-0.2, 0) is 0 Å². The Bertz CT molecular complexity index is 340. The topological polar surface area (TPSA) is 38.0 Å². The van der Waals surface area contributed by atoms with Gasteiger partial charge in [0.2, 0.25) is 0 Å². The maximum atomic E-state index is 5.72. The van der Waals surface area contributed by atoms with E-state index in [9.17, 15) is 0 Å². The largest absolute Gasteiger partial charge is 0.271 e. The summed E-state index contributed by atoms with van der Waals surface area (Å²) in [6, 6.07) is 2.63. The predicted molar refractivity (Wildman–Crippen MR) is 91.1 cm³/mol. The van der Waals surface area contributed by atoms with E-state index in [-0.39, 0.29) is 0 Å². The summed E-state index contributed by atoms with van der Waals surface area (Å²) in [5.74, 6) is 5.72. The fourth-order valence-electron chi connectivity index (χ4n) is 2.56. The average Bonchev–Trinajstić information content (AvgIpc) is 2.77. The average molecular weight is 297 g/mol. The molecular formula is C17H32N2S. The van der Waals surface area contributed by atoms with Crippen LogP contribution in [0.2, 0.25) is 0 Å². The van der Waals surface area contributed by atoms with E-state index in [2.05, 4.69) is 32.3 Å². The van der Waals surface area contributed by atoms with Gasteiger partial charge in [-0.15, -0.1) is 11.3 Å². The second-order valence-electron chi connectivity index (χ2n) is 5.87. The van der Waals surface area contributed by atoms with Gasteiger partial charge in [-0.1, -0.05) is 58.3 Å². The zero-order chi connectivity index (χ0) is 14.8. The third-order valence-electron chi connectivity index (χ3n) is 4.08. The summed E-state index contributed by atoms with van der Waals surface area (Å²) in [4.78, 5) is 2.81. The summed E-state index contributed by atoms with van der Waals surface area (Å²) in [5.41, 5.74) is 4.38. The SMILES string of the molecule is CCCCCCCCCCC(NN)c1cc(C)c(C)s1. The number of nitrogens with one attached hydrogen (secondary N) is 1. The molecule has 0 aliphatic rings. The Hall–Kier alpha value is -0.380. The number of hydrogen-bond donors (Lipinski definition) is 2. The second-order valence-corrected chi connectivity index (χ2v) is 7.16. The van der Waals surface area contributed by atoms with E-state index in [1.807, 2.05) is 11.3 Å². The molecule has 116 valence electrons. The Kier molecular flexibility index (Phi) is 9.16. The molecule has 3 N–H and O–H groups in total. The summed E-state index contributed by atoms with van der Waals surface area (Å²) in [6.07, 6.45) is 12.1. The van der Waals surface area contributed by atoms with Crippen molar-refractivity contribution in [2.45, 2.75) is 84.6 Å². The zero-order valence-electron chi connectivity index (χ0n) is 13.5. The molecule has 20 heavy (non-hydrogen) atoms. The van der Waals surface area contributed by atoms with Gasteiger partial charge in [-0.3, -0.25) is 11.3 Å². The molecule has 1 rings (SSSR count). The number of rotatable bonds is 11. The second kappa shape index (κ2) is 10.4. The van der Waals surface area contributed by atoms with Crippen LogP contribution in [0.5, 0.6) is 0 Å². The van der Waals surface area contributed by atoms with Crippen molar-refractivity contribution in [1.82, 2.24) is 5.43 Å². The molecule has 2 nitrogen and oxygen atoms in total. The van der Waals surface area contributed by atoms with E-state index in [0.717, 1.165) is 6.42 Å². The minimum Gasteiger partial charge on any atom is -0.271 e. The van der Waals surface area contributed by atoms with Gasteiger partial charge in [0.05, 0.1) is 6.04 Å². The van der Waals surface area contributed by atoms with Crippen LogP contribution < -0.4 is 11.3 Å². The highest BCUT2D eigenvalue weighted by Crippen LogP contribution is 2.29. The zero-order valence-corrected chi connectivity index (χ0v) is 14.3. The Morgan fingerprint density at radius 1 is 1.05 bits per heavy atom. The van der Waals surface area contributed by atoms with Crippen LogP contribution in [-0.4, -0.2) is 0 Å². The van der Waals surface area contributed by atoms with Crippen molar-refractivity contribution in [3.05, 3.63) is 21.4 Å². The van der Waals surface area contributed by atoms with E-state index in [0.29, 0.717) is 6.04 Å². The van der Waals surface area contributed by atoms with Crippen LogP contribution >= 0.6 is 11.3 Å². The lowest BCUT2D eigenvalue weighted by molar-refractivity contribution is 0.480. The lowest BCUT2D eigenvalue weighted by atomic mass is 10.0. The molecule has 0 radical (unpaired) electrons. The van der Waals surface area contributed by atoms with Gasteiger partial charge < -0.3 is 0 Å². The van der Waals surface area contributed by atoms with Gasteiger partial charge in [-0.05, 0) is 31.9 Å². The number of unbranched alkanes of at least 4 members (excludes halogenated alkanes) is 7. The van der Waals surface area contributed by atoms with Crippen molar-refractivity contribution >= 4 is 11.3 Å². The number of hydrazine groups is 1. The molecule has 1 unspecified atom stereocenters. The van der Waals surface area contributed by atoms with Crippen molar-refractivity contribution in [3.8, 4) is 0 Å². The quantitative estimate of drug-likeness (QED) is 0.326. The fourth-order valence-corrected chi connectivity index (χ4v) is 3.70. The first kappa shape index (κ1) is 17.7. The summed E-state index contributed by atoms with van der Waals surface area (Å²) in [6.45, 7) is 6.64. The molecule has 0 saturated carbocycles. The van der Waals surface area contributed by atoms with Crippen molar-refractivity contribution < 1.29 is 0 Å². The molecular weight excluding hydrogens is 264 g/mol. The fraction of sp³-hybridized carbons (Fsp3) is 0.765. The molecule has 1 aromatic rings. The third-order valence-corrected chi connectivity index (χ3v) is 5.34. The lowest BCUT2D eigenvalue weighted by Crippen LogP contribution is -2.27. The normalized spacial score (nSPS) is 12.8. The molecule has 1 aromatic heterocycles. The monoisotopic (exact) mass is 296 g/mol. The first-order valence-corrected chi connectivity index (χ1v) is 9.03. The van der Waals surface area contributed by atoms with Crippen LogP contribution in [0.3, 0.4) is 0 Å². The van der Waals surface area contributed by atoms with Crippen molar-refractivity contribution in [2.75, 3.05) is 0 Å². The van der Waals surface area contributed by atoms with Crippen LogP contribution in [0.1, 0.15) is 86.1 Å². The van der Waals surface area contributed by atoms with E-state index in [1.54, 1.807) is 0 Å². The molecule has 0 fully saturated rings. The van der Waals surface area contributed by atoms with Gasteiger partial charge in [0, 0.05) is 9.75 Å². The molecule has 0 aromatic carbocycles. The Morgan fingerprint density at radius 2 is 1.65 bits per heavy atom. The molecule has 3 heteroatoms. The number of thiophene rings is 1. The molecule has 0 aliphatic heterocycles. The van der Waals surface area contributed by atoms with Crippen LogP contribution in [0, 0.1) is 13.8 Å². The molecule has 0 bridgehead atoms. The maximum Gasteiger partial charge on any atom is 0.0553 e. The predicted octanol–water partition coefficient (Wildman–Crippen LogP) is 5.40. The number of aryl methyl sites for hydroxylation is 2. The summed E-state index contributed by atoms with van der Waals surface area (Å²) >= 11 is 1.88. The van der Waals surface area contributed by atoms with Gasteiger partial charge in [-0.2, -0.15) is 0 Å². The van der Waals surface area contributed by atoms with E-state index < -0.39 is 0 Å². The minimum atomic E-state index is 0.340. The minimum absolute atomic E-state index is 0.340. The molecule has 0 amide bonds. The third kappa shape index (κ3) is 6.38. The van der Waals surface area contributed by atoms with Crippen LogP contribution in [0.15, 0.2) is 6.07 Å².